The van der Waals surface area contributed by atoms with Crippen molar-refractivity contribution in [1.82, 2.24) is 0 Å². The Balaban J connectivity index is 4.64. The highest BCUT2D eigenvalue weighted by atomic mass is 31.2. The average Bonchev–Trinajstić information content (AvgIpc) is 3.19. The summed E-state index contributed by atoms with van der Waals surface area (Å²) in [5.74, 6) is -1.20. The summed E-state index contributed by atoms with van der Waals surface area (Å²) in [5, 5.41) is 38.6. The minimum absolute atomic E-state index is 0.0847. The summed E-state index contributed by atoms with van der Waals surface area (Å²) in [4.78, 5) is 35.0. The molecule has 1 unspecified atom stereocenters. The smallest absolute Gasteiger partial charge is 0.462 e. The van der Waals surface area contributed by atoms with Crippen molar-refractivity contribution in [3.63, 3.8) is 0 Å². The first-order valence-electron chi connectivity index (χ1n) is 20.8. The van der Waals surface area contributed by atoms with Crippen LogP contribution >= 0.6 is 7.82 Å². The van der Waals surface area contributed by atoms with E-state index in [1.165, 1.54) is 12.8 Å². The maximum atomic E-state index is 12.6. The number of aliphatic hydroxyl groups is 4. The Kier molecular flexibility index (Phi) is 36.6. The number of rotatable bonds is 37. The summed E-state index contributed by atoms with van der Waals surface area (Å²) < 4.78 is 32.5. The van der Waals surface area contributed by atoms with Gasteiger partial charge in [-0.25, -0.2) is 4.57 Å². The fourth-order valence-corrected chi connectivity index (χ4v) is 5.75. The van der Waals surface area contributed by atoms with Gasteiger partial charge in [0.1, 0.15) is 12.7 Å². The van der Waals surface area contributed by atoms with Crippen molar-refractivity contribution in [2.24, 2.45) is 0 Å². The van der Waals surface area contributed by atoms with E-state index in [2.05, 4.69) is 60.9 Å². The van der Waals surface area contributed by atoms with Crippen molar-refractivity contribution in [3.05, 3.63) is 85.1 Å². The number of phosphoric acid groups is 1. The van der Waals surface area contributed by atoms with Gasteiger partial charge in [0.15, 0.2) is 6.10 Å². The van der Waals surface area contributed by atoms with Gasteiger partial charge >= 0.3 is 19.8 Å². The number of allylic oxidation sites excluding steroid dienone is 11. The van der Waals surface area contributed by atoms with E-state index < -0.39 is 70.6 Å². The molecule has 0 heterocycles. The second-order valence-electron chi connectivity index (χ2n) is 13.7. The molecule has 0 aromatic heterocycles. The zero-order valence-electron chi connectivity index (χ0n) is 34.5. The van der Waals surface area contributed by atoms with Crippen molar-refractivity contribution in [2.75, 3.05) is 26.4 Å². The van der Waals surface area contributed by atoms with Gasteiger partial charge < -0.3 is 34.8 Å². The van der Waals surface area contributed by atoms with Crippen LogP contribution in [0.5, 0.6) is 0 Å². The lowest BCUT2D eigenvalue weighted by atomic mass is 10.1. The first-order valence-corrected chi connectivity index (χ1v) is 22.3. The third-order valence-corrected chi connectivity index (χ3v) is 9.17. The number of esters is 2. The molecule has 0 aliphatic rings. The first kappa shape index (κ1) is 54.1. The molecular weight excluding hydrogens is 751 g/mol. The Hall–Kier alpha value is -2.93. The molecule has 326 valence electrons. The molecule has 12 nitrogen and oxygen atoms in total. The zero-order valence-corrected chi connectivity index (χ0v) is 35.4. The van der Waals surface area contributed by atoms with Crippen molar-refractivity contribution in [3.8, 4) is 0 Å². The van der Waals surface area contributed by atoms with Crippen LogP contribution in [-0.2, 0) is 32.7 Å². The van der Waals surface area contributed by atoms with E-state index in [0.717, 1.165) is 64.2 Å². The highest BCUT2D eigenvalue weighted by Crippen LogP contribution is 2.43. The van der Waals surface area contributed by atoms with Gasteiger partial charge in [-0.05, 0) is 70.6 Å². The number of carbonyl (C=O) groups is 2. The fourth-order valence-electron chi connectivity index (χ4n) is 4.96. The van der Waals surface area contributed by atoms with Crippen molar-refractivity contribution in [1.29, 1.82) is 0 Å². The number of aliphatic hydroxyl groups excluding tert-OH is 4. The predicted molar refractivity (Wildman–Crippen MR) is 226 cm³/mol. The molecule has 5 atom stereocenters. The van der Waals surface area contributed by atoms with Crippen LogP contribution in [0.15, 0.2) is 85.1 Å². The quantitative estimate of drug-likeness (QED) is 0.0132. The summed E-state index contributed by atoms with van der Waals surface area (Å²) in [6, 6.07) is 0. The van der Waals surface area contributed by atoms with Crippen LogP contribution in [0.3, 0.4) is 0 Å². The Labute approximate surface area is 342 Å². The van der Waals surface area contributed by atoms with E-state index in [4.69, 9.17) is 19.1 Å². The highest BCUT2D eigenvalue weighted by molar-refractivity contribution is 7.47. The number of hydrogen-bond donors (Lipinski definition) is 5. The maximum Gasteiger partial charge on any atom is 0.472 e. The second kappa shape index (κ2) is 38.6. The van der Waals surface area contributed by atoms with E-state index in [1.807, 2.05) is 6.08 Å². The molecule has 0 aromatic carbocycles. The number of hydrogen-bond acceptors (Lipinski definition) is 11. The molecule has 0 saturated heterocycles. The third kappa shape index (κ3) is 38.4. The molecule has 13 heteroatoms. The molecule has 5 N–H and O–H groups in total. The molecule has 0 saturated carbocycles. The van der Waals surface area contributed by atoms with Crippen molar-refractivity contribution >= 4 is 19.8 Å². The standard InChI is InChI=1S/C44H73O12P/c1-3-5-7-9-11-12-13-14-15-16-17-18-19-21-27-33-43(49)53-37-42(38-55-57(51,52)54-36-41(48)35-45)56-44(50)34-28-32-40(47)31-26-23-22-25-30-39(46)29-24-20-10-8-6-4-2/h5,7,11-12,14-15,20,22-26,30-31,39-42,45-48H,3-4,6,8-10,13,16-19,21,27-29,32-38H2,1-2H3,(H,51,52)/b7-5-,12-11-,15-14-,23-22+,24-20-,30-25+,31-26-/t39-,40-,41-,42+/m0/s1. The molecular formula is C44H73O12P. The van der Waals surface area contributed by atoms with Crippen LogP contribution in [0.4, 0.5) is 0 Å². The SMILES string of the molecule is CC/C=C\C/C=C\C/C=C\CCCCCCCC(=O)OC[C@H](COP(=O)(O)OC[C@@H](O)CO)OC(=O)CCC[C@@H](O)\C=C/C=C/C=C/[C@@H](O)C/C=C\CCCCC. The molecule has 0 radical (unpaired) electrons. The van der Waals surface area contributed by atoms with Gasteiger partial charge in [-0.15, -0.1) is 0 Å². The first-order chi connectivity index (χ1) is 27.5. The van der Waals surface area contributed by atoms with Crippen LogP contribution < -0.4 is 0 Å². The third-order valence-electron chi connectivity index (χ3n) is 8.22. The van der Waals surface area contributed by atoms with Gasteiger partial charge in [-0.1, -0.05) is 131 Å². The highest BCUT2D eigenvalue weighted by Gasteiger charge is 2.27. The summed E-state index contributed by atoms with van der Waals surface area (Å²) in [7, 11) is -4.70. The van der Waals surface area contributed by atoms with Crippen LogP contribution in [0.2, 0.25) is 0 Å². The monoisotopic (exact) mass is 824 g/mol. The van der Waals surface area contributed by atoms with E-state index in [0.29, 0.717) is 12.8 Å². The Morgan fingerprint density at radius 3 is 1.89 bits per heavy atom. The predicted octanol–water partition coefficient (Wildman–Crippen LogP) is 8.61. The summed E-state index contributed by atoms with van der Waals surface area (Å²) in [6.45, 7) is 1.87. The minimum atomic E-state index is -4.70. The molecule has 0 aliphatic carbocycles. The molecule has 0 amide bonds. The second-order valence-corrected chi connectivity index (χ2v) is 15.1. The van der Waals surface area contributed by atoms with Crippen LogP contribution in [0.25, 0.3) is 0 Å². The minimum Gasteiger partial charge on any atom is -0.462 e. The van der Waals surface area contributed by atoms with E-state index in [9.17, 15) is 34.4 Å². The molecule has 0 bridgehead atoms. The van der Waals surface area contributed by atoms with Crippen LogP contribution in [0, 0.1) is 0 Å². The van der Waals surface area contributed by atoms with Gasteiger partial charge in [-0.3, -0.25) is 18.6 Å². The number of unbranched alkanes of at least 4 members (excludes halogenated alkanes) is 8. The van der Waals surface area contributed by atoms with E-state index >= 15 is 0 Å². The average molecular weight is 825 g/mol. The lowest BCUT2D eigenvalue weighted by Crippen LogP contribution is -2.30. The lowest BCUT2D eigenvalue weighted by molar-refractivity contribution is -0.161. The summed E-state index contributed by atoms with van der Waals surface area (Å²) >= 11 is 0. The zero-order chi connectivity index (χ0) is 42.2. The fraction of sp³-hybridized carbons (Fsp3) is 0.636. The molecule has 57 heavy (non-hydrogen) atoms. The van der Waals surface area contributed by atoms with Crippen molar-refractivity contribution in [2.45, 2.75) is 154 Å². The van der Waals surface area contributed by atoms with E-state index in [1.54, 1.807) is 36.5 Å². The molecule has 0 rings (SSSR count). The number of phosphoric ester groups is 1. The Morgan fingerprint density at radius 2 is 1.21 bits per heavy atom. The van der Waals surface area contributed by atoms with Gasteiger partial charge in [0.2, 0.25) is 0 Å². The number of ether oxygens (including phenoxy) is 2. The molecule has 0 aromatic rings. The van der Waals surface area contributed by atoms with E-state index in [-0.39, 0.29) is 25.7 Å². The lowest BCUT2D eigenvalue weighted by Gasteiger charge is -2.20. The summed E-state index contributed by atoms with van der Waals surface area (Å²) in [6.07, 6.45) is 37.5. The van der Waals surface area contributed by atoms with Crippen LogP contribution in [-0.4, -0.2) is 88.1 Å². The normalized spacial score (nSPS) is 15.8. The van der Waals surface area contributed by atoms with Crippen LogP contribution in [0.1, 0.15) is 129 Å². The maximum absolute atomic E-state index is 12.6. The van der Waals surface area contributed by atoms with Crippen molar-refractivity contribution < 1.29 is 58.0 Å². The van der Waals surface area contributed by atoms with Gasteiger partial charge in [0, 0.05) is 12.8 Å². The Morgan fingerprint density at radius 1 is 0.632 bits per heavy atom. The van der Waals surface area contributed by atoms with Gasteiger partial charge in [-0.2, -0.15) is 0 Å². The topological polar surface area (TPSA) is 189 Å². The summed E-state index contributed by atoms with van der Waals surface area (Å²) in [5.41, 5.74) is 0. The molecule has 0 fully saturated rings. The van der Waals surface area contributed by atoms with Gasteiger partial charge in [0.05, 0.1) is 32.0 Å². The Bertz CT molecular complexity index is 1260. The number of carbonyl (C=O) groups excluding carboxylic acids is 2. The molecule has 0 aliphatic heterocycles. The largest absolute Gasteiger partial charge is 0.472 e. The van der Waals surface area contributed by atoms with Gasteiger partial charge in [0.25, 0.3) is 0 Å². The molecule has 0 spiro atoms.